The topological polar surface area (TPSA) is 69.6 Å². The molecule has 0 radical (unpaired) electrons. The van der Waals surface area contributed by atoms with Crippen molar-refractivity contribution in [2.45, 2.75) is 18.9 Å². The van der Waals surface area contributed by atoms with Crippen LogP contribution >= 0.6 is 15.9 Å². The zero-order valence-corrected chi connectivity index (χ0v) is 14.5. The highest BCUT2D eigenvalue weighted by atomic mass is 79.9. The van der Waals surface area contributed by atoms with E-state index in [1.165, 1.54) is 0 Å². The molecule has 1 atom stereocenters. The Hall–Kier alpha value is -2.34. The van der Waals surface area contributed by atoms with Gasteiger partial charge in [-0.1, -0.05) is 40.2 Å². The van der Waals surface area contributed by atoms with Crippen LogP contribution in [0.3, 0.4) is 0 Å². The lowest BCUT2D eigenvalue weighted by Gasteiger charge is -2.36. The zero-order valence-electron chi connectivity index (χ0n) is 12.9. The molecule has 1 unspecified atom stereocenters. The van der Waals surface area contributed by atoms with E-state index in [9.17, 15) is 14.7 Å². The predicted octanol–water partition coefficient (Wildman–Crippen LogP) is 4.06. The van der Waals surface area contributed by atoms with Crippen LogP contribution in [0.15, 0.2) is 53.0 Å². The normalized spacial score (nSPS) is 16.4. The summed E-state index contributed by atoms with van der Waals surface area (Å²) in [6, 6.07) is 14.3. The average molecular weight is 389 g/mol. The summed E-state index contributed by atoms with van der Waals surface area (Å²) < 4.78 is 0.927. The Balaban J connectivity index is 1.84. The summed E-state index contributed by atoms with van der Waals surface area (Å²) in [5.41, 5.74) is 2.70. The largest absolute Gasteiger partial charge is 0.481 e. The van der Waals surface area contributed by atoms with Crippen molar-refractivity contribution in [3.63, 3.8) is 0 Å². The third kappa shape index (κ3) is 3.59. The number of benzene rings is 2. The van der Waals surface area contributed by atoms with Crippen LogP contribution < -0.4 is 5.32 Å². The van der Waals surface area contributed by atoms with Crippen molar-refractivity contribution in [2.24, 2.45) is 0 Å². The second-order valence-electron chi connectivity index (χ2n) is 5.69. The smallest absolute Gasteiger partial charge is 0.322 e. The van der Waals surface area contributed by atoms with Gasteiger partial charge in [-0.2, -0.15) is 0 Å². The van der Waals surface area contributed by atoms with E-state index >= 15 is 0 Å². The molecule has 2 aromatic carbocycles. The van der Waals surface area contributed by atoms with E-state index in [-0.39, 0.29) is 12.5 Å². The predicted molar refractivity (Wildman–Crippen MR) is 95.0 cm³/mol. The van der Waals surface area contributed by atoms with Crippen molar-refractivity contribution < 1.29 is 14.7 Å². The summed E-state index contributed by atoms with van der Waals surface area (Å²) in [5.74, 6) is -0.918. The lowest BCUT2D eigenvalue weighted by molar-refractivity contribution is -0.138. The zero-order chi connectivity index (χ0) is 17.1. The van der Waals surface area contributed by atoms with E-state index in [0.717, 1.165) is 22.0 Å². The van der Waals surface area contributed by atoms with Crippen molar-refractivity contribution in [3.05, 3.63) is 64.1 Å². The van der Waals surface area contributed by atoms with Crippen LogP contribution in [0, 0.1) is 0 Å². The van der Waals surface area contributed by atoms with Crippen molar-refractivity contribution in [1.29, 1.82) is 0 Å². The Kier molecular flexibility index (Phi) is 4.85. The molecule has 3 rings (SSSR count). The highest BCUT2D eigenvalue weighted by Gasteiger charge is 2.32. The van der Waals surface area contributed by atoms with Crippen LogP contribution in [0.1, 0.15) is 23.6 Å². The maximum Gasteiger partial charge on any atom is 0.322 e. The van der Waals surface area contributed by atoms with Gasteiger partial charge in [-0.05, 0) is 41.8 Å². The van der Waals surface area contributed by atoms with Crippen LogP contribution in [0.25, 0.3) is 0 Å². The average Bonchev–Trinajstić information content (AvgIpc) is 2.56. The van der Waals surface area contributed by atoms with Crippen molar-refractivity contribution in [1.82, 2.24) is 4.90 Å². The molecule has 0 fully saturated rings. The standard InChI is InChI=1S/C18H17BrN2O3/c19-13-5-7-14(8-6-13)20-18(24)21-10-9-12-3-1-2-4-15(12)16(21)11-17(22)23/h1-8,16H,9-11H2,(H,20,24)(H,22,23). The number of carbonyl (C=O) groups excluding carboxylic acids is 1. The summed E-state index contributed by atoms with van der Waals surface area (Å²) >= 11 is 3.35. The number of anilines is 1. The summed E-state index contributed by atoms with van der Waals surface area (Å²) in [7, 11) is 0. The van der Waals surface area contributed by atoms with Gasteiger partial charge >= 0.3 is 12.0 Å². The molecule has 2 amide bonds. The first-order valence-corrected chi connectivity index (χ1v) is 8.46. The van der Waals surface area contributed by atoms with E-state index in [1.807, 2.05) is 36.4 Å². The summed E-state index contributed by atoms with van der Waals surface area (Å²) in [6.07, 6.45) is 0.616. The summed E-state index contributed by atoms with van der Waals surface area (Å²) in [5, 5.41) is 12.1. The lowest BCUT2D eigenvalue weighted by Crippen LogP contribution is -2.43. The molecule has 1 aliphatic rings. The number of carbonyl (C=O) groups is 2. The van der Waals surface area contributed by atoms with Gasteiger partial charge in [0, 0.05) is 16.7 Å². The number of fused-ring (bicyclic) bond motifs is 1. The number of nitrogens with zero attached hydrogens (tertiary/aromatic N) is 1. The van der Waals surface area contributed by atoms with Crippen LogP contribution in [-0.4, -0.2) is 28.6 Å². The van der Waals surface area contributed by atoms with Crippen LogP contribution in [0.2, 0.25) is 0 Å². The number of nitrogens with one attached hydrogen (secondary N) is 1. The quantitative estimate of drug-likeness (QED) is 0.832. The van der Waals surface area contributed by atoms with Gasteiger partial charge < -0.3 is 15.3 Å². The molecule has 0 bridgehead atoms. The number of carboxylic acid groups (broad SMARTS) is 1. The SMILES string of the molecule is O=C(O)CC1c2ccccc2CCN1C(=O)Nc1ccc(Br)cc1. The number of rotatable bonds is 3. The van der Waals surface area contributed by atoms with Crippen molar-refractivity contribution >= 4 is 33.6 Å². The van der Waals surface area contributed by atoms with Crippen LogP contribution in [-0.2, 0) is 11.2 Å². The highest BCUT2D eigenvalue weighted by Crippen LogP contribution is 2.32. The molecule has 5 nitrogen and oxygen atoms in total. The molecule has 0 saturated carbocycles. The second-order valence-corrected chi connectivity index (χ2v) is 6.61. The summed E-state index contributed by atoms with van der Waals surface area (Å²) in [4.78, 5) is 25.6. The van der Waals surface area contributed by atoms with E-state index in [1.54, 1.807) is 17.0 Å². The Morgan fingerprint density at radius 1 is 1.17 bits per heavy atom. The lowest BCUT2D eigenvalue weighted by atomic mass is 9.91. The Morgan fingerprint density at radius 3 is 2.58 bits per heavy atom. The van der Waals surface area contributed by atoms with Crippen molar-refractivity contribution in [2.75, 3.05) is 11.9 Å². The van der Waals surface area contributed by atoms with Gasteiger partial charge in [0.15, 0.2) is 0 Å². The number of aliphatic carboxylic acids is 1. The van der Waals surface area contributed by atoms with Gasteiger partial charge in [-0.3, -0.25) is 4.79 Å². The fourth-order valence-corrected chi connectivity index (χ4v) is 3.27. The monoisotopic (exact) mass is 388 g/mol. The Bertz CT molecular complexity index is 761. The third-order valence-electron chi connectivity index (χ3n) is 4.14. The molecule has 0 saturated heterocycles. The fraction of sp³-hybridized carbons (Fsp3) is 0.222. The minimum Gasteiger partial charge on any atom is -0.481 e. The fourth-order valence-electron chi connectivity index (χ4n) is 3.01. The third-order valence-corrected chi connectivity index (χ3v) is 4.67. The van der Waals surface area contributed by atoms with Crippen molar-refractivity contribution in [3.8, 4) is 0 Å². The molecule has 124 valence electrons. The van der Waals surface area contributed by atoms with Gasteiger partial charge in [-0.25, -0.2) is 4.79 Å². The van der Waals surface area contributed by atoms with E-state index in [4.69, 9.17) is 0 Å². The Morgan fingerprint density at radius 2 is 1.88 bits per heavy atom. The molecule has 0 spiro atoms. The van der Waals surface area contributed by atoms with Crippen LogP contribution in [0.4, 0.5) is 10.5 Å². The Labute approximate surface area is 148 Å². The molecule has 1 heterocycles. The highest BCUT2D eigenvalue weighted by molar-refractivity contribution is 9.10. The van der Waals surface area contributed by atoms with E-state index < -0.39 is 12.0 Å². The number of hydrogen-bond donors (Lipinski definition) is 2. The number of hydrogen-bond acceptors (Lipinski definition) is 2. The molecule has 6 heteroatoms. The van der Waals surface area contributed by atoms with Crippen LogP contribution in [0.5, 0.6) is 0 Å². The van der Waals surface area contributed by atoms with E-state index in [2.05, 4.69) is 21.2 Å². The molecule has 0 aromatic heterocycles. The van der Waals surface area contributed by atoms with E-state index in [0.29, 0.717) is 12.2 Å². The molecular weight excluding hydrogens is 372 g/mol. The molecule has 0 aliphatic carbocycles. The van der Waals surface area contributed by atoms with Gasteiger partial charge in [0.25, 0.3) is 0 Å². The van der Waals surface area contributed by atoms with Gasteiger partial charge in [0.1, 0.15) is 0 Å². The first-order chi connectivity index (χ1) is 11.5. The first kappa shape index (κ1) is 16.5. The molecule has 1 aliphatic heterocycles. The summed E-state index contributed by atoms with van der Waals surface area (Å²) in [6.45, 7) is 0.497. The molecule has 2 aromatic rings. The first-order valence-electron chi connectivity index (χ1n) is 7.67. The maximum absolute atomic E-state index is 12.7. The molecule has 2 N–H and O–H groups in total. The molecule has 24 heavy (non-hydrogen) atoms. The van der Waals surface area contributed by atoms with Gasteiger partial charge in [-0.15, -0.1) is 0 Å². The number of amides is 2. The molecular formula is C18H17BrN2O3. The second kappa shape index (κ2) is 7.05. The number of carboxylic acids is 1. The number of urea groups is 1. The number of halogens is 1. The van der Waals surface area contributed by atoms with Gasteiger partial charge in [0.05, 0.1) is 12.5 Å². The maximum atomic E-state index is 12.7. The van der Waals surface area contributed by atoms with Gasteiger partial charge in [0.2, 0.25) is 0 Å². The minimum atomic E-state index is -0.918. The minimum absolute atomic E-state index is 0.106.